The van der Waals surface area contributed by atoms with Crippen LogP contribution in [0.2, 0.25) is 0 Å². The van der Waals surface area contributed by atoms with Gasteiger partial charge in [-0.1, -0.05) is 36.4 Å². The van der Waals surface area contributed by atoms with Crippen LogP contribution in [0.1, 0.15) is 50.9 Å². The van der Waals surface area contributed by atoms with Crippen LogP contribution in [0, 0.1) is 41.5 Å². The molecule has 0 aromatic heterocycles. The second-order valence-corrected chi connectivity index (χ2v) is 6.65. The summed E-state index contributed by atoms with van der Waals surface area (Å²) in [5.74, 6) is 0. The predicted molar refractivity (Wildman–Crippen MR) is 98.7 cm³/mol. The van der Waals surface area contributed by atoms with Gasteiger partial charge in [0.2, 0.25) is 0 Å². The van der Waals surface area contributed by atoms with E-state index in [0.29, 0.717) is 0 Å². The highest BCUT2D eigenvalue weighted by Gasteiger charge is 2.10. The van der Waals surface area contributed by atoms with Gasteiger partial charge in [-0.15, -0.1) is 0 Å². The minimum absolute atomic E-state index is 1.02. The smallest absolute Gasteiger partial charge is 0.0196 e. The monoisotopic (exact) mass is 292 g/mol. The van der Waals surface area contributed by atoms with Gasteiger partial charge < -0.3 is 0 Å². The van der Waals surface area contributed by atoms with Crippen LogP contribution in [0.15, 0.2) is 30.8 Å². The quantitative estimate of drug-likeness (QED) is 0.631. The van der Waals surface area contributed by atoms with E-state index in [4.69, 9.17) is 0 Å². The number of hydrogen-bond acceptors (Lipinski definition) is 0. The van der Waals surface area contributed by atoms with Crippen molar-refractivity contribution in [1.29, 1.82) is 0 Å². The molecule has 0 bridgehead atoms. The third-order valence-corrected chi connectivity index (χ3v) is 5.06. The third-order valence-electron chi connectivity index (χ3n) is 5.06. The molecule has 0 fully saturated rings. The molecule has 0 radical (unpaired) electrons. The number of rotatable bonds is 4. The lowest BCUT2D eigenvalue weighted by molar-refractivity contribution is 0.997. The summed E-state index contributed by atoms with van der Waals surface area (Å²) in [6.07, 6.45) is 2.09. The van der Waals surface area contributed by atoms with Crippen LogP contribution in [-0.2, 0) is 6.42 Å². The zero-order chi connectivity index (χ0) is 16.4. The summed E-state index contributed by atoms with van der Waals surface area (Å²) in [4.78, 5) is 0. The Morgan fingerprint density at radius 2 is 1.50 bits per heavy atom. The van der Waals surface area contributed by atoms with Gasteiger partial charge in [0.25, 0.3) is 0 Å². The largest absolute Gasteiger partial charge is 0.0952 e. The van der Waals surface area contributed by atoms with E-state index in [9.17, 15) is 0 Å². The lowest BCUT2D eigenvalue weighted by Gasteiger charge is -2.16. The van der Waals surface area contributed by atoms with Crippen molar-refractivity contribution in [1.82, 2.24) is 0 Å². The van der Waals surface area contributed by atoms with E-state index in [2.05, 4.69) is 72.4 Å². The Bertz CT molecular complexity index is 717. The first kappa shape index (κ1) is 16.5. The van der Waals surface area contributed by atoms with Crippen molar-refractivity contribution in [2.24, 2.45) is 0 Å². The Hall–Kier alpha value is -1.82. The Balaban J connectivity index is 2.20. The summed E-state index contributed by atoms with van der Waals surface area (Å²) >= 11 is 0. The maximum Gasteiger partial charge on any atom is -0.0196 e. The molecule has 0 aliphatic carbocycles. The number of benzene rings is 2. The number of aryl methyl sites for hydroxylation is 4. The fraction of sp³-hybridized carbons (Fsp3) is 0.364. The van der Waals surface area contributed by atoms with Crippen LogP contribution < -0.4 is 0 Å². The van der Waals surface area contributed by atoms with Gasteiger partial charge in [0, 0.05) is 0 Å². The Labute approximate surface area is 135 Å². The van der Waals surface area contributed by atoms with Crippen molar-refractivity contribution in [2.75, 3.05) is 0 Å². The van der Waals surface area contributed by atoms with Gasteiger partial charge in [0.05, 0.1) is 0 Å². The van der Waals surface area contributed by atoms with Crippen molar-refractivity contribution in [3.8, 4) is 0 Å². The van der Waals surface area contributed by atoms with E-state index in [1.165, 1.54) is 50.1 Å². The van der Waals surface area contributed by atoms with Gasteiger partial charge in [-0.25, -0.2) is 0 Å². The molecule has 0 saturated carbocycles. The molecule has 0 heterocycles. The molecule has 0 aliphatic heterocycles. The summed E-state index contributed by atoms with van der Waals surface area (Å²) in [5, 5.41) is 0. The average Bonchev–Trinajstić information content (AvgIpc) is 2.47. The van der Waals surface area contributed by atoms with Crippen LogP contribution >= 0.6 is 0 Å². The standard InChI is InChI=1S/C22H28/c1-14-8-10-21(17(4)12-14)11-9-15(2)22-13-16(3)18(5)19(6)20(22)7/h8,10,12-13H,2,9,11H2,1,3-7H3. The van der Waals surface area contributed by atoms with Crippen molar-refractivity contribution in [3.05, 3.63) is 75.4 Å². The fourth-order valence-electron chi connectivity index (χ4n) is 3.13. The van der Waals surface area contributed by atoms with Crippen LogP contribution in [-0.4, -0.2) is 0 Å². The molecular formula is C22H28. The van der Waals surface area contributed by atoms with E-state index in [-0.39, 0.29) is 0 Å². The van der Waals surface area contributed by atoms with Crippen LogP contribution in [0.25, 0.3) is 5.57 Å². The molecule has 0 aliphatic rings. The van der Waals surface area contributed by atoms with Crippen LogP contribution in [0.5, 0.6) is 0 Å². The highest BCUT2D eigenvalue weighted by Crippen LogP contribution is 2.28. The Morgan fingerprint density at radius 1 is 0.818 bits per heavy atom. The summed E-state index contributed by atoms with van der Waals surface area (Å²) in [5.41, 5.74) is 12.3. The molecule has 0 atom stereocenters. The van der Waals surface area contributed by atoms with E-state index in [1.807, 2.05) is 0 Å². The molecule has 116 valence electrons. The molecule has 0 N–H and O–H groups in total. The lowest BCUT2D eigenvalue weighted by Crippen LogP contribution is -1.99. The molecule has 0 heteroatoms. The fourth-order valence-corrected chi connectivity index (χ4v) is 3.13. The van der Waals surface area contributed by atoms with Gasteiger partial charge in [-0.2, -0.15) is 0 Å². The van der Waals surface area contributed by atoms with E-state index in [1.54, 1.807) is 0 Å². The van der Waals surface area contributed by atoms with Gasteiger partial charge in [0.1, 0.15) is 0 Å². The number of allylic oxidation sites excluding steroid dienone is 1. The highest BCUT2D eigenvalue weighted by atomic mass is 14.2. The molecule has 2 aromatic carbocycles. The molecule has 22 heavy (non-hydrogen) atoms. The van der Waals surface area contributed by atoms with Crippen LogP contribution in [0.4, 0.5) is 0 Å². The van der Waals surface area contributed by atoms with Gasteiger partial charge in [0.15, 0.2) is 0 Å². The Morgan fingerprint density at radius 3 is 2.14 bits per heavy atom. The summed E-state index contributed by atoms with van der Waals surface area (Å²) in [6, 6.07) is 9.04. The van der Waals surface area contributed by atoms with Gasteiger partial charge >= 0.3 is 0 Å². The molecule has 0 unspecified atom stereocenters. The first-order valence-corrected chi connectivity index (χ1v) is 8.13. The second kappa shape index (κ2) is 6.52. The van der Waals surface area contributed by atoms with Crippen molar-refractivity contribution < 1.29 is 0 Å². The maximum absolute atomic E-state index is 4.36. The second-order valence-electron chi connectivity index (χ2n) is 6.65. The van der Waals surface area contributed by atoms with E-state index < -0.39 is 0 Å². The van der Waals surface area contributed by atoms with Crippen molar-refractivity contribution in [3.63, 3.8) is 0 Å². The molecule has 2 rings (SSSR count). The average molecular weight is 292 g/mol. The Kier molecular flexibility index (Phi) is 4.90. The first-order valence-electron chi connectivity index (χ1n) is 8.13. The maximum atomic E-state index is 4.36. The topological polar surface area (TPSA) is 0 Å². The highest BCUT2D eigenvalue weighted by molar-refractivity contribution is 5.69. The normalized spacial score (nSPS) is 10.8. The predicted octanol–water partition coefficient (Wildman–Crippen LogP) is 6.18. The zero-order valence-electron chi connectivity index (χ0n) is 14.9. The first-order chi connectivity index (χ1) is 10.3. The molecule has 0 spiro atoms. The van der Waals surface area contributed by atoms with Crippen molar-refractivity contribution in [2.45, 2.75) is 54.4 Å². The van der Waals surface area contributed by atoms with Crippen LogP contribution in [0.3, 0.4) is 0 Å². The SMILES string of the molecule is C=C(CCc1ccc(C)cc1C)c1cc(C)c(C)c(C)c1C. The van der Waals surface area contributed by atoms with Crippen molar-refractivity contribution >= 4 is 5.57 Å². The molecule has 0 amide bonds. The minimum Gasteiger partial charge on any atom is -0.0952 e. The van der Waals surface area contributed by atoms with Gasteiger partial charge in [-0.3, -0.25) is 0 Å². The molecule has 0 saturated heterocycles. The molecule has 2 aromatic rings. The minimum atomic E-state index is 1.02. The summed E-state index contributed by atoms with van der Waals surface area (Å²) in [7, 11) is 0. The van der Waals surface area contributed by atoms with E-state index in [0.717, 1.165) is 12.8 Å². The third kappa shape index (κ3) is 3.32. The zero-order valence-corrected chi connectivity index (χ0v) is 14.9. The molecule has 0 nitrogen and oxygen atoms in total. The summed E-state index contributed by atoms with van der Waals surface area (Å²) < 4.78 is 0. The van der Waals surface area contributed by atoms with Gasteiger partial charge in [-0.05, 0) is 98.9 Å². The number of hydrogen-bond donors (Lipinski definition) is 0. The lowest BCUT2D eigenvalue weighted by atomic mass is 9.89. The summed E-state index contributed by atoms with van der Waals surface area (Å²) in [6.45, 7) is 17.6. The van der Waals surface area contributed by atoms with E-state index >= 15 is 0 Å². The molecular weight excluding hydrogens is 264 g/mol.